The maximum absolute atomic E-state index is 5.55. The Morgan fingerprint density at radius 3 is 2.69 bits per heavy atom. The van der Waals surface area contributed by atoms with Crippen molar-refractivity contribution in [3.63, 3.8) is 0 Å². The van der Waals surface area contributed by atoms with Crippen LogP contribution in [0, 0.1) is 0 Å². The van der Waals surface area contributed by atoms with Crippen LogP contribution in [0.5, 0.6) is 0 Å². The van der Waals surface area contributed by atoms with E-state index in [4.69, 9.17) is 5.73 Å². The van der Waals surface area contributed by atoms with Gasteiger partial charge in [-0.3, -0.25) is 4.98 Å². The molecular weight excluding hydrogens is 216 g/mol. The van der Waals surface area contributed by atoms with Crippen LogP contribution < -0.4 is 5.73 Å². The molecule has 2 aromatic rings. The van der Waals surface area contributed by atoms with Crippen molar-refractivity contribution in [2.75, 3.05) is 0 Å². The Labute approximate surface area is 99.9 Å². The summed E-state index contributed by atoms with van der Waals surface area (Å²) in [5.41, 5.74) is 7.83. The van der Waals surface area contributed by atoms with Crippen molar-refractivity contribution in [2.45, 2.75) is 17.2 Å². The second-order valence-electron chi connectivity index (χ2n) is 3.46. The van der Waals surface area contributed by atoms with Crippen LogP contribution in [-0.4, -0.2) is 4.98 Å². The highest BCUT2D eigenvalue weighted by Crippen LogP contribution is 2.22. The molecule has 3 heteroatoms. The Bertz CT molecular complexity index is 443. The van der Waals surface area contributed by atoms with E-state index < -0.39 is 0 Å². The normalized spacial score (nSPS) is 10.3. The molecule has 1 aromatic heterocycles. The highest BCUT2D eigenvalue weighted by molar-refractivity contribution is 7.98. The third-order valence-electron chi connectivity index (χ3n) is 2.25. The quantitative estimate of drug-likeness (QED) is 0.821. The lowest BCUT2D eigenvalue weighted by atomic mass is 10.2. The fraction of sp³-hybridized carbons (Fsp3) is 0.154. The molecule has 0 amide bonds. The molecule has 16 heavy (non-hydrogen) atoms. The number of nitrogens with zero attached hydrogens (tertiary/aromatic N) is 1. The first-order valence-electron chi connectivity index (χ1n) is 5.20. The van der Waals surface area contributed by atoms with E-state index in [9.17, 15) is 0 Å². The SMILES string of the molecule is NCc1cc(SCc2ccccc2)ccn1. The minimum Gasteiger partial charge on any atom is -0.325 e. The summed E-state index contributed by atoms with van der Waals surface area (Å²) < 4.78 is 0. The molecule has 0 fully saturated rings. The van der Waals surface area contributed by atoms with E-state index in [-0.39, 0.29) is 0 Å². The van der Waals surface area contributed by atoms with Gasteiger partial charge in [0.25, 0.3) is 0 Å². The average Bonchev–Trinajstić information content (AvgIpc) is 2.38. The zero-order valence-corrected chi connectivity index (χ0v) is 9.78. The van der Waals surface area contributed by atoms with Gasteiger partial charge in [0.15, 0.2) is 0 Å². The Morgan fingerprint density at radius 2 is 1.94 bits per heavy atom. The van der Waals surface area contributed by atoms with Gasteiger partial charge < -0.3 is 5.73 Å². The third kappa shape index (κ3) is 3.08. The zero-order valence-electron chi connectivity index (χ0n) is 8.97. The van der Waals surface area contributed by atoms with Gasteiger partial charge >= 0.3 is 0 Å². The van der Waals surface area contributed by atoms with Crippen molar-refractivity contribution < 1.29 is 0 Å². The van der Waals surface area contributed by atoms with E-state index in [1.54, 1.807) is 0 Å². The Hall–Kier alpha value is -1.32. The van der Waals surface area contributed by atoms with Crippen molar-refractivity contribution in [3.05, 3.63) is 59.9 Å². The fourth-order valence-corrected chi connectivity index (χ4v) is 2.30. The summed E-state index contributed by atoms with van der Waals surface area (Å²) >= 11 is 1.81. The Kier molecular flexibility index (Phi) is 3.97. The lowest BCUT2D eigenvalue weighted by Crippen LogP contribution is -1.98. The second kappa shape index (κ2) is 5.68. The number of hydrogen-bond donors (Lipinski definition) is 1. The summed E-state index contributed by atoms with van der Waals surface area (Å²) in [6.07, 6.45) is 1.82. The van der Waals surface area contributed by atoms with Gasteiger partial charge in [-0.25, -0.2) is 0 Å². The van der Waals surface area contributed by atoms with E-state index in [1.807, 2.05) is 36.2 Å². The molecule has 0 spiro atoms. The largest absolute Gasteiger partial charge is 0.325 e. The summed E-state index contributed by atoms with van der Waals surface area (Å²) in [5.74, 6) is 0.981. The molecule has 0 bridgehead atoms. The fourth-order valence-electron chi connectivity index (χ4n) is 1.40. The van der Waals surface area contributed by atoms with Gasteiger partial charge in [-0.15, -0.1) is 11.8 Å². The monoisotopic (exact) mass is 230 g/mol. The molecule has 82 valence electrons. The summed E-state index contributed by atoms with van der Waals surface area (Å²) in [6.45, 7) is 0.500. The molecule has 2 nitrogen and oxygen atoms in total. The van der Waals surface area contributed by atoms with Crippen LogP contribution in [-0.2, 0) is 12.3 Å². The van der Waals surface area contributed by atoms with Gasteiger partial charge in [-0.1, -0.05) is 30.3 Å². The topological polar surface area (TPSA) is 38.9 Å². The number of rotatable bonds is 4. The minimum atomic E-state index is 0.500. The van der Waals surface area contributed by atoms with Crippen LogP contribution in [0.4, 0.5) is 0 Å². The van der Waals surface area contributed by atoms with Crippen molar-refractivity contribution in [2.24, 2.45) is 5.73 Å². The molecule has 0 saturated carbocycles. The molecule has 0 aliphatic rings. The summed E-state index contributed by atoms with van der Waals surface area (Å²) in [6, 6.07) is 14.5. The van der Waals surface area contributed by atoms with Crippen LogP contribution in [0.1, 0.15) is 11.3 Å². The molecule has 1 aromatic carbocycles. The zero-order chi connectivity index (χ0) is 11.2. The van der Waals surface area contributed by atoms with Crippen LogP contribution >= 0.6 is 11.8 Å². The van der Waals surface area contributed by atoms with Crippen LogP contribution in [0.25, 0.3) is 0 Å². The van der Waals surface area contributed by atoms with Crippen molar-refractivity contribution in [1.82, 2.24) is 4.98 Å². The number of hydrogen-bond acceptors (Lipinski definition) is 3. The van der Waals surface area contributed by atoms with Gasteiger partial charge in [0, 0.05) is 23.4 Å². The van der Waals surface area contributed by atoms with Crippen molar-refractivity contribution in [1.29, 1.82) is 0 Å². The van der Waals surface area contributed by atoms with E-state index in [0.29, 0.717) is 6.54 Å². The number of benzene rings is 1. The lowest BCUT2D eigenvalue weighted by molar-refractivity contribution is 0.976. The van der Waals surface area contributed by atoms with Gasteiger partial charge in [0.1, 0.15) is 0 Å². The second-order valence-corrected chi connectivity index (χ2v) is 4.51. The molecular formula is C13H14N2S. The predicted molar refractivity (Wildman–Crippen MR) is 68.1 cm³/mol. The molecule has 0 aliphatic carbocycles. The van der Waals surface area contributed by atoms with Crippen LogP contribution in [0.3, 0.4) is 0 Å². The lowest BCUT2D eigenvalue weighted by Gasteiger charge is -2.03. The van der Waals surface area contributed by atoms with Crippen molar-refractivity contribution >= 4 is 11.8 Å². The number of pyridine rings is 1. The Morgan fingerprint density at radius 1 is 1.12 bits per heavy atom. The summed E-state index contributed by atoms with van der Waals surface area (Å²) in [5, 5.41) is 0. The Balaban J connectivity index is 1.99. The van der Waals surface area contributed by atoms with Gasteiger partial charge in [-0.05, 0) is 17.7 Å². The van der Waals surface area contributed by atoms with Gasteiger partial charge in [0.05, 0.1) is 5.69 Å². The van der Waals surface area contributed by atoms with Crippen LogP contribution in [0.15, 0.2) is 53.6 Å². The van der Waals surface area contributed by atoms with Crippen LogP contribution in [0.2, 0.25) is 0 Å². The summed E-state index contributed by atoms with van der Waals surface area (Å²) in [7, 11) is 0. The number of aromatic nitrogens is 1. The molecule has 1 heterocycles. The molecule has 2 rings (SSSR count). The first kappa shape index (κ1) is 11.2. The van der Waals surface area contributed by atoms with Gasteiger partial charge in [-0.2, -0.15) is 0 Å². The maximum Gasteiger partial charge on any atom is 0.0550 e. The van der Waals surface area contributed by atoms with E-state index in [2.05, 4.69) is 29.2 Å². The van der Waals surface area contributed by atoms with Gasteiger partial charge in [0.2, 0.25) is 0 Å². The minimum absolute atomic E-state index is 0.500. The highest BCUT2D eigenvalue weighted by atomic mass is 32.2. The molecule has 0 radical (unpaired) electrons. The third-order valence-corrected chi connectivity index (χ3v) is 3.31. The molecule has 2 N–H and O–H groups in total. The van der Waals surface area contributed by atoms with E-state index in [0.717, 1.165) is 11.4 Å². The first-order valence-corrected chi connectivity index (χ1v) is 6.19. The predicted octanol–water partition coefficient (Wildman–Crippen LogP) is 2.83. The maximum atomic E-state index is 5.55. The summed E-state index contributed by atoms with van der Waals surface area (Å²) in [4.78, 5) is 5.40. The average molecular weight is 230 g/mol. The van der Waals surface area contributed by atoms with Crippen molar-refractivity contribution in [3.8, 4) is 0 Å². The van der Waals surface area contributed by atoms with E-state index in [1.165, 1.54) is 10.5 Å². The molecule has 0 saturated heterocycles. The highest BCUT2D eigenvalue weighted by Gasteiger charge is 1.97. The molecule has 0 aliphatic heterocycles. The standard InChI is InChI=1S/C13H14N2S/c14-9-12-8-13(6-7-15-12)16-10-11-4-2-1-3-5-11/h1-8H,9-10,14H2. The number of thioether (sulfide) groups is 1. The molecule has 0 unspecified atom stereocenters. The first-order chi connectivity index (χ1) is 7.88. The smallest absolute Gasteiger partial charge is 0.0550 e. The molecule has 0 atom stereocenters. The number of nitrogens with two attached hydrogens (primary N) is 1. The van der Waals surface area contributed by atoms with E-state index >= 15 is 0 Å².